The highest BCUT2D eigenvalue weighted by Crippen LogP contribution is 2.33. The Labute approximate surface area is 159 Å². The van der Waals surface area contributed by atoms with Crippen LogP contribution in [0.1, 0.15) is 53.4 Å². The fourth-order valence-corrected chi connectivity index (χ4v) is 5.50. The summed E-state index contributed by atoms with van der Waals surface area (Å²) >= 11 is 3.27. The molecule has 1 aliphatic carbocycles. The molecule has 3 aromatic rings. The van der Waals surface area contributed by atoms with Gasteiger partial charge in [-0.1, -0.05) is 6.07 Å². The Hall–Kier alpha value is -1.99. The molecule has 1 amide bonds. The van der Waals surface area contributed by atoms with Crippen molar-refractivity contribution in [3.63, 3.8) is 0 Å². The highest BCUT2D eigenvalue weighted by molar-refractivity contribution is 7.18. The molecule has 7 heteroatoms. The molecule has 0 fully saturated rings. The average molecular weight is 388 g/mol. The maximum Gasteiger partial charge on any atom is 0.259 e. The summed E-state index contributed by atoms with van der Waals surface area (Å²) in [6.45, 7) is 1.98. The SMILES string of the molecule is CC(NC(=O)CCc1nc2sc3c(c2c(=O)[nH]1)CCCC3)c1cccs1. The van der Waals surface area contributed by atoms with Crippen LogP contribution < -0.4 is 10.9 Å². The summed E-state index contributed by atoms with van der Waals surface area (Å²) in [5, 5.41) is 5.77. The molecule has 26 heavy (non-hydrogen) atoms. The second kappa shape index (κ2) is 7.32. The summed E-state index contributed by atoms with van der Waals surface area (Å²) in [6.07, 6.45) is 5.11. The molecule has 0 bridgehead atoms. The molecule has 4 rings (SSSR count). The fraction of sp³-hybridized carbons (Fsp3) is 0.421. The minimum absolute atomic E-state index is 0.000934. The molecule has 0 saturated carbocycles. The third-order valence-electron chi connectivity index (χ3n) is 4.81. The summed E-state index contributed by atoms with van der Waals surface area (Å²) in [4.78, 5) is 35.5. The van der Waals surface area contributed by atoms with E-state index in [0.717, 1.165) is 34.4 Å². The molecule has 136 valence electrons. The summed E-state index contributed by atoms with van der Waals surface area (Å²) in [6, 6.07) is 4.00. The van der Waals surface area contributed by atoms with E-state index in [1.165, 1.54) is 16.9 Å². The van der Waals surface area contributed by atoms with Crippen molar-refractivity contribution in [2.45, 2.75) is 51.5 Å². The Morgan fingerprint density at radius 2 is 2.23 bits per heavy atom. The first-order chi connectivity index (χ1) is 12.6. The second-order valence-corrected chi connectivity index (χ2v) is 8.77. The molecule has 3 aromatic heterocycles. The van der Waals surface area contributed by atoms with Crippen LogP contribution in [0.5, 0.6) is 0 Å². The van der Waals surface area contributed by atoms with Crippen molar-refractivity contribution in [2.24, 2.45) is 0 Å². The molecule has 2 N–H and O–H groups in total. The van der Waals surface area contributed by atoms with Crippen molar-refractivity contribution in [3.8, 4) is 0 Å². The minimum Gasteiger partial charge on any atom is -0.349 e. The third kappa shape index (κ3) is 3.46. The number of hydrogen-bond acceptors (Lipinski definition) is 5. The molecule has 0 radical (unpaired) electrons. The predicted molar refractivity (Wildman–Crippen MR) is 106 cm³/mol. The topological polar surface area (TPSA) is 74.8 Å². The van der Waals surface area contributed by atoms with Gasteiger partial charge in [0.1, 0.15) is 10.7 Å². The van der Waals surface area contributed by atoms with Gasteiger partial charge in [-0.25, -0.2) is 4.98 Å². The Morgan fingerprint density at radius 1 is 1.38 bits per heavy atom. The smallest absolute Gasteiger partial charge is 0.259 e. The van der Waals surface area contributed by atoms with E-state index in [1.54, 1.807) is 22.7 Å². The average Bonchev–Trinajstić information content (AvgIpc) is 3.27. The van der Waals surface area contributed by atoms with Crippen LogP contribution >= 0.6 is 22.7 Å². The van der Waals surface area contributed by atoms with Gasteiger partial charge in [0.05, 0.1) is 11.4 Å². The molecule has 0 aromatic carbocycles. The lowest BCUT2D eigenvalue weighted by atomic mass is 9.97. The number of H-pyrrole nitrogens is 1. The van der Waals surface area contributed by atoms with E-state index in [2.05, 4.69) is 15.3 Å². The molecule has 0 saturated heterocycles. The number of rotatable bonds is 5. The standard InChI is InChI=1S/C19H21N3O2S2/c1-11(13-7-4-10-25-13)20-16(23)9-8-15-21-18(24)17-12-5-2-3-6-14(12)26-19(17)22-15/h4,7,10-11H,2-3,5-6,8-9H2,1H3,(H,20,23)(H,21,22,24). The van der Waals surface area contributed by atoms with E-state index in [4.69, 9.17) is 0 Å². The van der Waals surface area contributed by atoms with Gasteiger partial charge in [0.25, 0.3) is 5.56 Å². The van der Waals surface area contributed by atoms with Gasteiger partial charge in [-0.05, 0) is 49.6 Å². The molecular weight excluding hydrogens is 366 g/mol. The first-order valence-electron chi connectivity index (χ1n) is 8.98. The molecule has 3 heterocycles. The first-order valence-corrected chi connectivity index (χ1v) is 10.7. The maximum atomic E-state index is 12.5. The summed E-state index contributed by atoms with van der Waals surface area (Å²) < 4.78 is 0. The molecule has 0 spiro atoms. The predicted octanol–water partition coefficient (Wildman–Crippen LogP) is 3.73. The van der Waals surface area contributed by atoms with Gasteiger partial charge in [0.15, 0.2) is 0 Å². The van der Waals surface area contributed by atoms with Crippen molar-refractivity contribution in [2.75, 3.05) is 0 Å². The van der Waals surface area contributed by atoms with Crippen molar-refractivity contribution in [3.05, 3.63) is 49.0 Å². The number of nitrogens with one attached hydrogen (secondary N) is 2. The van der Waals surface area contributed by atoms with Crippen LogP contribution in [0.4, 0.5) is 0 Å². The number of carbonyl (C=O) groups excluding carboxylic acids is 1. The van der Waals surface area contributed by atoms with Gasteiger partial charge >= 0.3 is 0 Å². The Balaban J connectivity index is 1.46. The number of aromatic amines is 1. The zero-order chi connectivity index (χ0) is 18.1. The number of thiophene rings is 2. The molecule has 1 aliphatic rings. The van der Waals surface area contributed by atoms with Gasteiger partial charge in [-0.2, -0.15) is 0 Å². The van der Waals surface area contributed by atoms with Crippen LogP contribution in [-0.2, 0) is 24.1 Å². The quantitative estimate of drug-likeness (QED) is 0.700. The number of nitrogens with zero attached hydrogens (tertiary/aromatic N) is 1. The lowest BCUT2D eigenvalue weighted by Crippen LogP contribution is -2.26. The van der Waals surface area contributed by atoms with Crippen LogP contribution in [0, 0.1) is 0 Å². The molecule has 5 nitrogen and oxygen atoms in total. The summed E-state index contributed by atoms with van der Waals surface area (Å²) in [5.41, 5.74) is 1.14. The lowest BCUT2D eigenvalue weighted by molar-refractivity contribution is -0.121. The van der Waals surface area contributed by atoms with Crippen molar-refractivity contribution in [1.82, 2.24) is 15.3 Å². The van der Waals surface area contributed by atoms with Crippen molar-refractivity contribution in [1.29, 1.82) is 0 Å². The number of hydrogen-bond donors (Lipinski definition) is 2. The van der Waals surface area contributed by atoms with Crippen molar-refractivity contribution >= 4 is 38.8 Å². The third-order valence-corrected chi connectivity index (χ3v) is 7.05. The van der Waals surface area contributed by atoms with E-state index in [9.17, 15) is 9.59 Å². The van der Waals surface area contributed by atoms with Crippen LogP contribution in [-0.4, -0.2) is 15.9 Å². The zero-order valence-electron chi connectivity index (χ0n) is 14.6. The van der Waals surface area contributed by atoms with E-state index < -0.39 is 0 Å². The van der Waals surface area contributed by atoms with E-state index in [-0.39, 0.29) is 17.5 Å². The Bertz CT molecular complexity index is 988. The Kier molecular flexibility index (Phi) is 4.91. The van der Waals surface area contributed by atoms with Gasteiger partial charge in [-0.3, -0.25) is 9.59 Å². The van der Waals surface area contributed by atoms with Crippen LogP contribution in [0.15, 0.2) is 22.3 Å². The highest BCUT2D eigenvalue weighted by atomic mass is 32.1. The maximum absolute atomic E-state index is 12.5. The van der Waals surface area contributed by atoms with Crippen LogP contribution in [0.25, 0.3) is 10.2 Å². The number of aromatic nitrogens is 2. The first kappa shape index (κ1) is 17.4. The Morgan fingerprint density at radius 3 is 3.04 bits per heavy atom. The van der Waals surface area contributed by atoms with E-state index >= 15 is 0 Å². The number of fused-ring (bicyclic) bond motifs is 3. The van der Waals surface area contributed by atoms with Gasteiger partial charge < -0.3 is 10.3 Å². The number of aryl methyl sites for hydroxylation is 3. The second-order valence-electron chi connectivity index (χ2n) is 6.71. The van der Waals surface area contributed by atoms with Gasteiger partial charge in [0, 0.05) is 22.6 Å². The normalized spacial score (nSPS) is 15.0. The lowest BCUT2D eigenvalue weighted by Gasteiger charge is -2.12. The van der Waals surface area contributed by atoms with Gasteiger partial charge in [-0.15, -0.1) is 22.7 Å². The monoisotopic (exact) mass is 387 g/mol. The molecule has 0 aliphatic heterocycles. The summed E-state index contributed by atoms with van der Waals surface area (Å²) in [5.74, 6) is 0.569. The number of carbonyl (C=O) groups is 1. The molecule has 1 unspecified atom stereocenters. The van der Waals surface area contributed by atoms with E-state index in [0.29, 0.717) is 18.7 Å². The van der Waals surface area contributed by atoms with Crippen LogP contribution in [0.2, 0.25) is 0 Å². The minimum atomic E-state index is -0.0586. The fourth-order valence-electron chi connectivity index (χ4n) is 3.48. The van der Waals surface area contributed by atoms with E-state index in [1.807, 2.05) is 24.4 Å². The summed E-state index contributed by atoms with van der Waals surface area (Å²) in [7, 11) is 0. The molecular formula is C19H21N3O2S2. The highest BCUT2D eigenvalue weighted by Gasteiger charge is 2.20. The van der Waals surface area contributed by atoms with Crippen molar-refractivity contribution < 1.29 is 4.79 Å². The zero-order valence-corrected chi connectivity index (χ0v) is 16.3. The van der Waals surface area contributed by atoms with Gasteiger partial charge in [0.2, 0.25) is 5.91 Å². The largest absolute Gasteiger partial charge is 0.349 e. The van der Waals surface area contributed by atoms with Crippen LogP contribution in [0.3, 0.4) is 0 Å². The molecule has 1 atom stereocenters. The number of amides is 1.